The largest absolute Gasteiger partial charge is 0.489 e. The van der Waals surface area contributed by atoms with Crippen molar-refractivity contribution in [2.45, 2.75) is 40.4 Å². The lowest BCUT2D eigenvalue weighted by atomic mass is 10.1. The lowest BCUT2D eigenvalue weighted by Crippen LogP contribution is -2.23. The van der Waals surface area contributed by atoms with Crippen LogP contribution in [0, 0.1) is 13.8 Å². The molecule has 3 aromatic rings. The molecule has 0 radical (unpaired) electrons. The average molecular weight is 382 g/mol. The molecule has 148 valence electrons. The monoisotopic (exact) mass is 382 g/mol. The Bertz CT molecular complexity index is 1020. The second kappa shape index (κ2) is 8.39. The number of tetrazole rings is 1. The lowest BCUT2D eigenvalue weighted by Gasteiger charge is -2.16. The van der Waals surface area contributed by atoms with Crippen molar-refractivity contribution in [3.63, 3.8) is 0 Å². The molecule has 0 amide bonds. The van der Waals surface area contributed by atoms with Crippen LogP contribution in [-0.2, 0) is 18.4 Å². The molecule has 7 nitrogen and oxygen atoms in total. The van der Waals surface area contributed by atoms with E-state index in [4.69, 9.17) is 9.47 Å². The molecule has 0 aliphatic heterocycles. The van der Waals surface area contributed by atoms with Gasteiger partial charge in [-0.05, 0) is 73.0 Å². The van der Waals surface area contributed by atoms with Gasteiger partial charge in [-0.25, -0.2) is 4.79 Å². The minimum Gasteiger partial charge on any atom is -0.489 e. The summed E-state index contributed by atoms with van der Waals surface area (Å²) in [6.07, 6.45) is 0.0456. The normalized spacial score (nSPS) is 12.2. The number of rotatable bonds is 7. The summed E-state index contributed by atoms with van der Waals surface area (Å²) in [7, 11) is 1.58. The topological polar surface area (TPSA) is 71.2 Å². The number of nitrogens with zero attached hydrogens (tertiary/aromatic N) is 4. The van der Waals surface area contributed by atoms with Crippen LogP contribution in [0.2, 0.25) is 0 Å². The second-order valence-electron chi connectivity index (χ2n) is 6.78. The smallest absolute Gasteiger partial charge is 0.368 e. The molecule has 0 aliphatic rings. The van der Waals surface area contributed by atoms with Gasteiger partial charge in [-0.1, -0.05) is 18.2 Å². The third-order valence-corrected chi connectivity index (χ3v) is 4.79. The van der Waals surface area contributed by atoms with E-state index in [1.807, 2.05) is 58.0 Å². The Hall–Kier alpha value is -2.93. The van der Waals surface area contributed by atoms with E-state index in [1.165, 1.54) is 9.36 Å². The first-order chi connectivity index (χ1) is 13.4. The first-order valence-electron chi connectivity index (χ1n) is 9.35. The molecule has 0 fully saturated rings. The van der Waals surface area contributed by atoms with Crippen LogP contribution in [0.25, 0.3) is 5.69 Å². The van der Waals surface area contributed by atoms with Gasteiger partial charge in [0.05, 0.1) is 11.8 Å². The maximum atomic E-state index is 12.3. The predicted octanol–water partition coefficient (Wildman–Crippen LogP) is 3.26. The van der Waals surface area contributed by atoms with Crippen molar-refractivity contribution >= 4 is 0 Å². The average Bonchev–Trinajstić information content (AvgIpc) is 3.00. The van der Waals surface area contributed by atoms with Crippen LogP contribution < -0.4 is 10.4 Å². The summed E-state index contributed by atoms with van der Waals surface area (Å²) in [5, 5.41) is 7.76. The number of hydrogen-bond acceptors (Lipinski definition) is 5. The second-order valence-corrected chi connectivity index (χ2v) is 6.78. The van der Waals surface area contributed by atoms with Crippen molar-refractivity contribution in [2.24, 2.45) is 7.05 Å². The summed E-state index contributed by atoms with van der Waals surface area (Å²) in [5.41, 5.74) is 4.46. The van der Waals surface area contributed by atoms with E-state index in [9.17, 15) is 4.79 Å². The first-order valence-corrected chi connectivity index (χ1v) is 9.35. The van der Waals surface area contributed by atoms with Crippen molar-refractivity contribution < 1.29 is 9.47 Å². The molecule has 1 heterocycles. The highest BCUT2D eigenvalue weighted by Crippen LogP contribution is 2.26. The van der Waals surface area contributed by atoms with Crippen LogP contribution >= 0.6 is 0 Å². The van der Waals surface area contributed by atoms with Gasteiger partial charge in [0.2, 0.25) is 0 Å². The molecule has 0 saturated heterocycles. The molecule has 0 N–H and O–H groups in total. The summed E-state index contributed by atoms with van der Waals surface area (Å²) in [5.74, 6) is 0.799. The third kappa shape index (κ3) is 3.99. The van der Waals surface area contributed by atoms with Crippen molar-refractivity contribution in [3.8, 4) is 11.4 Å². The van der Waals surface area contributed by atoms with Gasteiger partial charge in [-0.2, -0.15) is 9.36 Å². The lowest BCUT2D eigenvalue weighted by molar-refractivity contribution is 0.0763. The molecule has 1 atom stereocenters. The number of aromatic nitrogens is 4. The molecule has 7 heteroatoms. The predicted molar refractivity (Wildman–Crippen MR) is 107 cm³/mol. The highest BCUT2D eigenvalue weighted by atomic mass is 16.5. The van der Waals surface area contributed by atoms with Gasteiger partial charge >= 0.3 is 5.69 Å². The van der Waals surface area contributed by atoms with E-state index in [0.29, 0.717) is 18.9 Å². The molecule has 0 aliphatic carbocycles. The van der Waals surface area contributed by atoms with Gasteiger partial charge in [0.1, 0.15) is 12.4 Å². The quantitative estimate of drug-likeness (QED) is 0.627. The summed E-state index contributed by atoms with van der Waals surface area (Å²) in [4.78, 5) is 12.3. The number of ether oxygens (including phenoxy) is 2. The van der Waals surface area contributed by atoms with E-state index >= 15 is 0 Å². The SMILES string of the molecule is CCOC(C)c1ccc(OCc2c(C)cccc2-n2nnn(C)c2=O)c(C)c1. The molecular formula is C21H26N4O3. The summed E-state index contributed by atoms with van der Waals surface area (Å²) < 4.78 is 14.3. The molecule has 1 aromatic heterocycles. The van der Waals surface area contributed by atoms with Gasteiger partial charge in [0, 0.05) is 19.2 Å². The number of hydrogen-bond donors (Lipinski definition) is 0. The summed E-state index contributed by atoms with van der Waals surface area (Å²) >= 11 is 0. The molecule has 2 aromatic carbocycles. The van der Waals surface area contributed by atoms with Crippen molar-refractivity contribution in [2.75, 3.05) is 6.61 Å². The molecule has 3 rings (SSSR count). The Balaban J connectivity index is 1.86. The van der Waals surface area contributed by atoms with E-state index in [1.54, 1.807) is 7.05 Å². The zero-order valence-electron chi connectivity index (χ0n) is 17.0. The number of benzene rings is 2. The highest BCUT2D eigenvalue weighted by molar-refractivity contribution is 5.45. The molecule has 0 saturated carbocycles. The maximum absolute atomic E-state index is 12.3. The first kappa shape index (κ1) is 19.8. The van der Waals surface area contributed by atoms with Gasteiger partial charge in [0.15, 0.2) is 0 Å². The van der Waals surface area contributed by atoms with Crippen molar-refractivity contribution in [3.05, 3.63) is 69.1 Å². The van der Waals surface area contributed by atoms with Crippen LogP contribution in [0.5, 0.6) is 5.75 Å². The molecular weight excluding hydrogens is 356 g/mol. The van der Waals surface area contributed by atoms with E-state index < -0.39 is 0 Å². The van der Waals surface area contributed by atoms with Crippen LogP contribution in [-0.4, -0.2) is 26.4 Å². The van der Waals surface area contributed by atoms with Gasteiger partial charge in [-0.15, -0.1) is 0 Å². The van der Waals surface area contributed by atoms with Crippen LogP contribution in [0.3, 0.4) is 0 Å². The van der Waals surface area contributed by atoms with Crippen molar-refractivity contribution in [1.82, 2.24) is 19.8 Å². The molecule has 0 spiro atoms. The maximum Gasteiger partial charge on any atom is 0.368 e. The van der Waals surface area contributed by atoms with Gasteiger partial charge in [-0.3, -0.25) is 0 Å². The van der Waals surface area contributed by atoms with Crippen LogP contribution in [0.4, 0.5) is 0 Å². The Kier molecular flexibility index (Phi) is 5.94. The Morgan fingerprint density at radius 3 is 2.54 bits per heavy atom. The van der Waals surface area contributed by atoms with E-state index in [0.717, 1.165) is 28.0 Å². The van der Waals surface area contributed by atoms with Gasteiger partial charge in [0.25, 0.3) is 0 Å². The van der Waals surface area contributed by atoms with Crippen molar-refractivity contribution in [1.29, 1.82) is 0 Å². The fourth-order valence-corrected chi connectivity index (χ4v) is 3.12. The third-order valence-electron chi connectivity index (χ3n) is 4.79. The Morgan fingerprint density at radius 1 is 1.11 bits per heavy atom. The zero-order chi connectivity index (χ0) is 20.3. The Labute approximate surface area is 164 Å². The zero-order valence-corrected chi connectivity index (χ0v) is 17.0. The van der Waals surface area contributed by atoms with Crippen LogP contribution in [0.15, 0.2) is 41.2 Å². The summed E-state index contributed by atoms with van der Waals surface area (Å²) in [6.45, 7) is 9.04. The standard InChI is InChI=1S/C21H26N4O3/c1-6-27-16(4)17-10-11-20(15(3)12-17)28-13-18-14(2)8-7-9-19(18)25-21(26)24(5)22-23-25/h7-12,16H,6,13H2,1-5H3. The van der Waals surface area contributed by atoms with E-state index in [-0.39, 0.29) is 11.8 Å². The fraction of sp³-hybridized carbons (Fsp3) is 0.381. The molecule has 0 bridgehead atoms. The van der Waals surface area contributed by atoms with E-state index in [2.05, 4.69) is 16.5 Å². The number of aryl methyl sites for hydroxylation is 3. The van der Waals surface area contributed by atoms with Crippen LogP contribution in [0.1, 0.15) is 42.2 Å². The Morgan fingerprint density at radius 2 is 1.89 bits per heavy atom. The molecule has 1 unspecified atom stereocenters. The minimum absolute atomic E-state index is 0.0456. The van der Waals surface area contributed by atoms with Gasteiger partial charge < -0.3 is 9.47 Å². The minimum atomic E-state index is -0.294. The highest BCUT2D eigenvalue weighted by Gasteiger charge is 2.14. The molecule has 28 heavy (non-hydrogen) atoms. The fourth-order valence-electron chi connectivity index (χ4n) is 3.12. The summed E-state index contributed by atoms with van der Waals surface area (Å²) in [6, 6.07) is 11.8.